The molecule has 26 heavy (non-hydrogen) atoms. The van der Waals surface area contributed by atoms with Gasteiger partial charge in [-0.3, -0.25) is 0 Å². The van der Waals surface area contributed by atoms with Gasteiger partial charge in [-0.15, -0.1) is 0 Å². The molecule has 0 amide bonds. The third kappa shape index (κ3) is 3.40. The number of halogens is 1. The maximum absolute atomic E-state index is 14.2. The van der Waals surface area contributed by atoms with Crippen LogP contribution in [-0.4, -0.2) is 31.3 Å². The molecule has 2 aromatic rings. The smallest absolute Gasteiger partial charge is 0.132 e. The molecule has 1 spiro atoms. The van der Waals surface area contributed by atoms with Crippen LogP contribution >= 0.6 is 0 Å². The van der Waals surface area contributed by atoms with Crippen molar-refractivity contribution in [2.45, 2.75) is 32.6 Å². The van der Waals surface area contributed by atoms with E-state index in [1.807, 2.05) is 32.0 Å². The Morgan fingerprint density at radius 3 is 2.54 bits per heavy atom. The zero-order valence-electron chi connectivity index (χ0n) is 15.4. The predicted octanol–water partition coefficient (Wildman–Crippen LogP) is 4.75. The van der Waals surface area contributed by atoms with Crippen molar-refractivity contribution in [3.8, 4) is 11.5 Å². The molecular weight excluding hydrogens is 331 g/mol. The predicted molar refractivity (Wildman–Crippen MR) is 99.5 cm³/mol. The number of ether oxygens (including phenoxy) is 2. The van der Waals surface area contributed by atoms with Crippen LogP contribution in [0.1, 0.15) is 38.2 Å². The number of anilines is 1. The van der Waals surface area contributed by atoms with Gasteiger partial charge in [-0.2, -0.15) is 0 Å². The van der Waals surface area contributed by atoms with Crippen molar-refractivity contribution in [1.29, 1.82) is 0 Å². The first-order chi connectivity index (χ1) is 12.5. The monoisotopic (exact) mass is 356 g/mol. The molecule has 0 radical (unpaired) electrons. The van der Waals surface area contributed by atoms with E-state index in [4.69, 9.17) is 9.47 Å². The van der Waals surface area contributed by atoms with Crippen molar-refractivity contribution in [2.75, 3.05) is 31.2 Å². The molecule has 4 rings (SSSR count). The minimum Gasteiger partial charge on any atom is -0.457 e. The number of nitrogens with zero attached hydrogens (tertiary/aromatic N) is 2. The van der Waals surface area contributed by atoms with E-state index < -0.39 is 0 Å². The Kier molecular flexibility index (Phi) is 4.57. The zero-order valence-corrected chi connectivity index (χ0v) is 15.4. The summed E-state index contributed by atoms with van der Waals surface area (Å²) in [6, 6.07) is 8.80. The molecule has 2 fully saturated rings. The summed E-state index contributed by atoms with van der Waals surface area (Å²) in [4.78, 5) is 6.75. The van der Waals surface area contributed by atoms with Gasteiger partial charge in [0.15, 0.2) is 0 Å². The van der Waals surface area contributed by atoms with Crippen LogP contribution in [0.15, 0.2) is 36.5 Å². The van der Waals surface area contributed by atoms with Crippen LogP contribution in [0, 0.1) is 11.2 Å². The summed E-state index contributed by atoms with van der Waals surface area (Å²) in [6.07, 6.45) is 4.00. The summed E-state index contributed by atoms with van der Waals surface area (Å²) in [5.74, 6) is 2.03. The molecule has 0 aliphatic carbocycles. The van der Waals surface area contributed by atoms with Gasteiger partial charge >= 0.3 is 0 Å². The maximum atomic E-state index is 14.2. The zero-order chi connectivity index (χ0) is 18.1. The number of benzene rings is 1. The van der Waals surface area contributed by atoms with Gasteiger partial charge in [0.2, 0.25) is 0 Å². The minimum atomic E-state index is -0.226. The standard InChI is InChI=1S/C21H25FN2O2/c1-15(2)18-4-3-16(11-19(18)22)26-17-5-8-23-20(12-17)24-13-21(14-24)6-9-25-10-7-21/h3-5,8,11-12,15H,6-7,9-10,13-14H2,1-2H3. The van der Waals surface area contributed by atoms with Crippen LogP contribution in [0.3, 0.4) is 0 Å². The van der Waals surface area contributed by atoms with Gasteiger partial charge in [-0.25, -0.2) is 9.37 Å². The van der Waals surface area contributed by atoms with Crippen molar-refractivity contribution >= 4 is 5.82 Å². The summed E-state index contributed by atoms with van der Waals surface area (Å²) in [5.41, 5.74) is 1.10. The number of aromatic nitrogens is 1. The van der Waals surface area contributed by atoms with Gasteiger partial charge in [0.1, 0.15) is 23.1 Å². The summed E-state index contributed by atoms with van der Waals surface area (Å²) >= 11 is 0. The Labute approximate surface area is 153 Å². The maximum Gasteiger partial charge on any atom is 0.132 e. The summed E-state index contributed by atoms with van der Waals surface area (Å²) < 4.78 is 25.5. The largest absolute Gasteiger partial charge is 0.457 e. The highest BCUT2D eigenvalue weighted by molar-refractivity contribution is 5.48. The highest BCUT2D eigenvalue weighted by Gasteiger charge is 2.44. The molecule has 138 valence electrons. The Bertz CT molecular complexity index is 779. The lowest BCUT2D eigenvalue weighted by atomic mass is 9.73. The number of hydrogen-bond donors (Lipinski definition) is 0. The molecule has 2 aliphatic heterocycles. The van der Waals surface area contributed by atoms with Crippen molar-refractivity contribution in [3.05, 3.63) is 47.9 Å². The molecule has 0 bridgehead atoms. The third-order valence-electron chi connectivity index (χ3n) is 5.48. The van der Waals surface area contributed by atoms with Crippen LogP contribution in [-0.2, 0) is 4.74 Å². The van der Waals surface area contributed by atoms with Crippen LogP contribution < -0.4 is 9.64 Å². The lowest BCUT2D eigenvalue weighted by Crippen LogP contribution is -2.58. The van der Waals surface area contributed by atoms with Crippen molar-refractivity contribution in [1.82, 2.24) is 4.98 Å². The lowest BCUT2D eigenvalue weighted by molar-refractivity contribution is -0.000465. The summed E-state index contributed by atoms with van der Waals surface area (Å²) in [6.45, 7) is 7.72. The van der Waals surface area contributed by atoms with Crippen LogP contribution in [0.2, 0.25) is 0 Å². The van der Waals surface area contributed by atoms with E-state index in [9.17, 15) is 4.39 Å². The average molecular weight is 356 g/mol. The van der Waals surface area contributed by atoms with Gasteiger partial charge in [0.25, 0.3) is 0 Å². The first-order valence-electron chi connectivity index (χ1n) is 9.31. The van der Waals surface area contributed by atoms with Crippen molar-refractivity contribution < 1.29 is 13.9 Å². The van der Waals surface area contributed by atoms with Gasteiger partial charge in [0, 0.05) is 50.0 Å². The first kappa shape index (κ1) is 17.3. The van der Waals surface area contributed by atoms with Gasteiger partial charge in [0.05, 0.1) is 0 Å². The molecule has 1 aromatic heterocycles. The first-order valence-corrected chi connectivity index (χ1v) is 9.31. The fourth-order valence-electron chi connectivity index (χ4n) is 3.86. The second-order valence-electron chi connectivity index (χ2n) is 7.76. The van der Waals surface area contributed by atoms with E-state index >= 15 is 0 Å². The SMILES string of the molecule is CC(C)c1ccc(Oc2ccnc(N3CC4(CCOCC4)C3)c2)cc1F. The second-order valence-corrected chi connectivity index (χ2v) is 7.76. The molecule has 1 aromatic carbocycles. The van der Waals surface area contributed by atoms with Crippen molar-refractivity contribution in [3.63, 3.8) is 0 Å². The average Bonchev–Trinajstić information content (AvgIpc) is 2.60. The molecule has 3 heterocycles. The number of pyridine rings is 1. The molecule has 0 atom stereocenters. The van der Waals surface area contributed by atoms with E-state index in [0.29, 0.717) is 22.5 Å². The molecule has 0 saturated carbocycles. The number of rotatable bonds is 4. The fourth-order valence-corrected chi connectivity index (χ4v) is 3.86. The molecular formula is C21H25FN2O2. The number of hydrogen-bond acceptors (Lipinski definition) is 4. The summed E-state index contributed by atoms with van der Waals surface area (Å²) in [7, 11) is 0. The van der Waals surface area contributed by atoms with Crippen LogP contribution in [0.4, 0.5) is 10.2 Å². The quantitative estimate of drug-likeness (QED) is 0.791. The van der Waals surface area contributed by atoms with Gasteiger partial charge < -0.3 is 14.4 Å². The molecule has 2 saturated heterocycles. The van der Waals surface area contributed by atoms with Crippen molar-refractivity contribution in [2.24, 2.45) is 5.41 Å². The van der Waals surface area contributed by atoms with E-state index in [-0.39, 0.29) is 11.7 Å². The Morgan fingerprint density at radius 2 is 1.85 bits per heavy atom. The Morgan fingerprint density at radius 1 is 1.12 bits per heavy atom. The highest BCUT2D eigenvalue weighted by Crippen LogP contribution is 2.42. The second kappa shape index (κ2) is 6.88. The van der Waals surface area contributed by atoms with Crippen LogP contribution in [0.5, 0.6) is 11.5 Å². The van der Waals surface area contributed by atoms with Gasteiger partial charge in [-0.1, -0.05) is 19.9 Å². The van der Waals surface area contributed by atoms with Gasteiger partial charge in [-0.05, 0) is 36.5 Å². The van der Waals surface area contributed by atoms with E-state index in [1.54, 1.807) is 12.3 Å². The Balaban J connectivity index is 1.44. The third-order valence-corrected chi connectivity index (χ3v) is 5.48. The lowest BCUT2D eigenvalue weighted by Gasteiger charge is -2.52. The van der Waals surface area contributed by atoms with E-state index in [0.717, 1.165) is 45.0 Å². The van der Waals surface area contributed by atoms with E-state index in [2.05, 4.69) is 9.88 Å². The van der Waals surface area contributed by atoms with Crippen LogP contribution in [0.25, 0.3) is 0 Å². The Hall–Kier alpha value is -2.14. The molecule has 5 heteroatoms. The minimum absolute atomic E-state index is 0.153. The topological polar surface area (TPSA) is 34.6 Å². The molecule has 0 unspecified atom stereocenters. The summed E-state index contributed by atoms with van der Waals surface area (Å²) in [5, 5.41) is 0. The fraction of sp³-hybridized carbons (Fsp3) is 0.476. The van der Waals surface area contributed by atoms with E-state index in [1.165, 1.54) is 6.07 Å². The molecule has 2 aliphatic rings. The highest BCUT2D eigenvalue weighted by atomic mass is 19.1. The molecule has 4 nitrogen and oxygen atoms in total. The normalized spacial score (nSPS) is 18.8. The molecule has 0 N–H and O–H groups in total.